The van der Waals surface area contributed by atoms with Gasteiger partial charge in [-0.1, -0.05) is 13.8 Å². The highest BCUT2D eigenvalue weighted by molar-refractivity contribution is 5.85. The second-order valence-corrected chi connectivity index (χ2v) is 5.07. The first kappa shape index (κ1) is 14.2. The van der Waals surface area contributed by atoms with Gasteiger partial charge >= 0.3 is 0 Å². The van der Waals surface area contributed by atoms with Gasteiger partial charge in [0, 0.05) is 6.04 Å². The first-order valence-electron chi connectivity index (χ1n) is 5.45. The summed E-state index contributed by atoms with van der Waals surface area (Å²) >= 11 is 0. The molecular formula is C11H24ClNO. The highest BCUT2D eigenvalue weighted by Gasteiger charge is 2.28. The van der Waals surface area contributed by atoms with Crippen molar-refractivity contribution in [2.45, 2.75) is 58.1 Å². The largest absolute Gasteiger partial charge is 0.390 e. The molecule has 0 amide bonds. The third-order valence-corrected chi connectivity index (χ3v) is 2.88. The number of nitrogens with one attached hydrogen (secondary N) is 1. The van der Waals surface area contributed by atoms with E-state index in [0.717, 1.165) is 38.1 Å². The van der Waals surface area contributed by atoms with Gasteiger partial charge in [0.1, 0.15) is 0 Å². The number of aliphatic hydroxyl groups is 1. The molecule has 0 heterocycles. The summed E-state index contributed by atoms with van der Waals surface area (Å²) in [5, 5.41) is 13.3. The summed E-state index contributed by atoms with van der Waals surface area (Å²) in [7, 11) is 0. The maximum atomic E-state index is 9.74. The summed E-state index contributed by atoms with van der Waals surface area (Å²) in [6.45, 7) is 7.51. The zero-order valence-electron chi connectivity index (χ0n) is 9.55. The smallest absolute Gasteiger partial charge is 0.0621 e. The number of hydrogen-bond acceptors (Lipinski definition) is 2. The van der Waals surface area contributed by atoms with Crippen LogP contribution in [0, 0.1) is 5.92 Å². The van der Waals surface area contributed by atoms with Crippen LogP contribution in [0.5, 0.6) is 0 Å². The average molecular weight is 222 g/mol. The van der Waals surface area contributed by atoms with Crippen LogP contribution in [0.4, 0.5) is 0 Å². The van der Waals surface area contributed by atoms with Crippen molar-refractivity contribution in [2.75, 3.05) is 6.54 Å². The molecule has 0 aliphatic heterocycles. The molecule has 0 aromatic rings. The number of halogens is 1. The van der Waals surface area contributed by atoms with E-state index in [9.17, 15) is 5.11 Å². The second kappa shape index (κ2) is 5.94. The first-order valence-corrected chi connectivity index (χ1v) is 5.45. The van der Waals surface area contributed by atoms with Crippen molar-refractivity contribution in [3.8, 4) is 0 Å². The summed E-state index contributed by atoms with van der Waals surface area (Å²) in [5.74, 6) is 0.724. The molecule has 0 bridgehead atoms. The van der Waals surface area contributed by atoms with Crippen LogP contribution in [0.1, 0.15) is 46.5 Å². The molecule has 0 aromatic carbocycles. The van der Waals surface area contributed by atoms with Crippen LogP contribution in [0.2, 0.25) is 0 Å². The Bertz CT molecular complexity index is 147. The van der Waals surface area contributed by atoms with E-state index < -0.39 is 5.60 Å². The molecule has 1 fully saturated rings. The molecule has 1 saturated carbocycles. The minimum Gasteiger partial charge on any atom is -0.390 e. The van der Waals surface area contributed by atoms with E-state index in [1.807, 2.05) is 6.92 Å². The number of hydrogen-bond donors (Lipinski definition) is 2. The molecule has 0 aromatic heterocycles. The SMILES string of the molecule is CC(C)CNC1CCC(C)(O)CC1.Cl. The molecule has 1 aliphatic carbocycles. The van der Waals surface area contributed by atoms with Crippen molar-refractivity contribution in [1.29, 1.82) is 0 Å². The predicted molar refractivity (Wildman–Crippen MR) is 63.0 cm³/mol. The summed E-state index contributed by atoms with van der Waals surface area (Å²) in [6, 6.07) is 0.641. The van der Waals surface area contributed by atoms with Crippen molar-refractivity contribution in [3.05, 3.63) is 0 Å². The third kappa shape index (κ3) is 5.18. The quantitative estimate of drug-likeness (QED) is 0.767. The van der Waals surface area contributed by atoms with Crippen molar-refractivity contribution in [3.63, 3.8) is 0 Å². The fraction of sp³-hybridized carbons (Fsp3) is 1.00. The van der Waals surface area contributed by atoms with Crippen LogP contribution in [0.15, 0.2) is 0 Å². The molecule has 0 spiro atoms. The molecule has 86 valence electrons. The lowest BCUT2D eigenvalue weighted by atomic mass is 9.83. The van der Waals surface area contributed by atoms with Crippen molar-refractivity contribution < 1.29 is 5.11 Å². The number of rotatable bonds is 3. The standard InChI is InChI=1S/C11H23NO.ClH/c1-9(2)8-12-10-4-6-11(3,13)7-5-10;/h9-10,12-13H,4-8H2,1-3H3;1H. The predicted octanol–water partition coefficient (Wildman–Crippen LogP) is 2.35. The molecule has 14 heavy (non-hydrogen) atoms. The Labute approximate surface area is 93.9 Å². The van der Waals surface area contributed by atoms with Gasteiger partial charge in [-0.25, -0.2) is 0 Å². The van der Waals surface area contributed by atoms with E-state index in [1.165, 1.54) is 0 Å². The Kier molecular flexibility index (Phi) is 6.03. The lowest BCUT2D eigenvalue weighted by molar-refractivity contribution is 0.0139. The van der Waals surface area contributed by atoms with Gasteiger partial charge in [0.2, 0.25) is 0 Å². The topological polar surface area (TPSA) is 32.3 Å². The Morgan fingerprint density at radius 1 is 1.36 bits per heavy atom. The average Bonchev–Trinajstić information content (AvgIpc) is 2.02. The Morgan fingerprint density at radius 2 is 1.86 bits per heavy atom. The second-order valence-electron chi connectivity index (χ2n) is 5.07. The Morgan fingerprint density at radius 3 is 2.29 bits per heavy atom. The molecule has 1 aliphatic rings. The maximum Gasteiger partial charge on any atom is 0.0621 e. The van der Waals surface area contributed by atoms with Crippen LogP contribution >= 0.6 is 12.4 Å². The summed E-state index contributed by atoms with van der Waals surface area (Å²) < 4.78 is 0. The van der Waals surface area contributed by atoms with Crippen LogP contribution in [-0.4, -0.2) is 23.3 Å². The van der Waals surface area contributed by atoms with Gasteiger partial charge < -0.3 is 10.4 Å². The van der Waals surface area contributed by atoms with Gasteiger partial charge in [0.25, 0.3) is 0 Å². The van der Waals surface area contributed by atoms with E-state index in [1.54, 1.807) is 0 Å². The maximum absolute atomic E-state index is 9.74. The zero-order valence-corrected chi connectivity index (χ0v) is 10.4. The summed E-state index contributed by atoms with van der Waals surface area (Å²) in [4.78, 5) is 0. The van der Waals surface area contributed by atoms with Gasteiger partial charge in [0.15, 0.2) is 0 Å². The van der Waals surface area contributed by atoms with E-state index in [0.29, 0.717) is 6.04 Å². The molecule has 3 heteroatoms. The van der Waals surface area contributed by atoms with Gasteiger partial charge in [-0.2, -0.15) is 0 Å². The van der Waals surface area contributed by atoms with Gasteiger partial charge in [-0.15, -0.1) is 12.4 Å². The minimum absolute atomic E-state index is 0. The van der Waals surface area contributed by atoms with Crippen LogP contribution in [-0.2, 0) is 0 Å². The van der Waals surface area contributed by atoms with Crippen LogP contribution in [0.3, 0.4) is 0 Å². The molecule has 0 atom stereocenters. The van der Waals surface area contributed by atoms with E-state index in [4.69, 9.17) is 0 Å². The normalized spacial score (nSPS) is 32.8. The van der Waals surface area contributed by atoms with Gasteiger partial charge in [0.05, 0.1) is 5.60 Å². The molecule has 0 unspecified atom stereocenters. The lowest BCUT2D eigenvalue weighted by Crippen LogP contribution is -2.40. The van der Waals surface area contributed by atoms with Gasteiger partial charge in [-0.05, 0) is 45.1 Å². The molecule has 2 nitrogen and oxygen atoms in total. The van der Waals surface area contributed by atoms with E-state index in [-0.39, 0.29) is 12.4 Å². The molecular weight excluding hydrogens is 198 g/mol. The Hall–Kier alpha value is 0.210. The minimum atomic E-state index is -0.393. The fourth-order valence-corrected chi connectivity index (χ4v) is 1.85. The van der Waals surface area contributed by atoms with Gasteiger partial charge in [-0.3, -0.25) is 0 Å². The monoisotopic (exact) mass is 221 g/mol. The first-order chi connectivity index (χ1) is 5.99. The third-order valence-electron chi connectivity index (χ3n) is 2.88. The lowest BCUT2D eigenvalue weighted by Gasteiger charge is -2.33. The molecule has 2 N–H and O–H groups in total. The van der Waals surface area contributed by atoms with Crippen LogP contribution < -0.4 is 5.32 Å². The summed E-state index contributed by atoms with van der Waals surface area (Å²) in [6.07, 6.45) is 4.14. The molecule has 0 saturated heterocycles. The van der Waals surface area contributed by atoms with E-state index in [2.05, 4.69) is 19.2 Å². The highest BCUT2D eigenvalue weighted by atomic mass is 35.5. The highest BCUT2D eigenvalue weighted by Crippen LogP contribution is 2.27. The van der Waals surface area contributed by atoms with Crippen molar-refractivity contribution in [1.82, 2.24) is 5.32 Å². The zero-order chi connectivity index (χ0) is 9.90. The molecule has 0 radical (unpaired) electrons. The van der Waals surface area contributed by atoms with Crippen molar-refractivity contribution in [2.24, 2.45) is 5.92 Å². The molecule has 1 rings (SSSR count). The Balaban J connectivity index is 0.00000169. The van der Waals surface area contributed by atoms with Crippen molar-refractivity contribution >= 4 is 12.4 Å². The summed E-state index contributed by atoms with van der Waals surface area (Å²) in [5.41, 5.74) is -0.393. The van der Waals surface area contributed by atoms with E-state index >= 15 is 0 Å². The van der Waals surface area contributed by atoms with Crippen LogP contribution in [0.25, 0.3) is 0 Å². The fourth-order valence-electron chi connectivity index (χ4n) is 1.85.